The Balaban J connectivity index is 2.39. The highest BCUT2D eigenvalue weighted by atomic mass is 15.1. The summed E-state index contributed by atoms with van der Waals surface area (Å²) in [7, 11) is 4.12. The van der Waals surface area contributed by atoms with Crippen molar-refractivity contribution in [1.82, 2.24) is 24.4 Å². The highest BCUT2D eigenvalue weighted by molar-refractivity contribution is 5.74. The number of fused-ring (bicyclic) bond motifs is 1. The zero-order chi connectivity index (χ0) is 15.4. The fourth-order valence-corrected chi connectivity index (χ4v) is 2.27. The van der Waals surface area contributed by atoms with Gasteiger partial charge in [0.15, 0.2) is 5.65 Å². The first-order chi connectivity index (χ1) is 10.1. The topological polar surface area (TPSA) is 70.6 Å². The van der Waals surface area contributed by atoms with Gasteiger partial charge < -0.3 is 9.47 Å². The predicted octanol–water partition coefficient (Wildman–Crippen LogP) is 2.16. The number of nitriles is 1. The van der Waals surface area contributed by atoms with E-state index in [9.17, 15) is 0 Å². The van der Waals surface area contributed by atoms with Crippen LogP contribution in [0.3, 0.4) is 0 Å². The standard InChI is InChI=1S/C15H22N6/c1-5-11(2)13-14-15(19-12(9-16)18-13)21(10-17-14)8-6-7-20(3)4/h10-11H,5-8H2,1-4H3. The summed E-state index contributed by atoms with van der Waals surface area (Å²) in [4.78, 5) is 15.3. The van der Waals surface area contributed by atoms with Crippen molar-refractivity contribution in [2.75, 3.05) is 20.6 Å². The molecular formula is C15H22N6. The van der Waals surface area contributed by atoms with Crippen molar-refractivity contribution in [3.8, 4) is 6.07 Å². The molecule has 0 amide bonds. The summed E-state index contributed by atoms with van der Waals surface area (Å²) in [5.74, 6) is 0.500. The Labute approximate surface area is 125 Å². The van der Waals surface area contributed by atoms with Gasteiger partial charge in [-0.1, -0.05) is 13.8 Å². The van der Waals surface area contributed by atoms with Crippen LogP contribution in [0.15, 0.2) is 6.33 Å². The number of hydrogen-bond donors (Lipinski definition) is 0. The summed E-state index contributed by atoms with van der Waals surface area (Å²) in [6.07, 6.45) is 3.79. The minimum atomic E-state index is 0.229. The van der Waals surface area contributed by atoms with E-state index in [0.717, 1.165) is 42.8 Å². The second-order valence-corrected chi connectivity index (χ2v) is 5.62. The lowest BCUT2D eigenvalue weighted by atomic mass is 10.0. The van der Waals surface area contributed by atoms with Crippen LogP contribution in [0.1, 0.15) is 44.1 Å². The van der Waals surface area contributed by atoms with E-state index in [1.54, 1.807) is 0 Å². The van der Waals surface area contributed by atoms with Crippen LogP contribution < -0.4 is 0 Å². The molecule has 0 aliphatic rings. The molecule has 0 spiro atoms. The minimum Gasteiger partial charge on any atom is -0.315 e. The average molecular weight is 286 g/mol. The van der Waals surface area contributed by atoms with E-state index in [0.29, 0.717) is 0 Å². The van der Waals surface area contributed by atoms with Crippen LogP contribution in [-0.2, 0) is 6.54 Å². The Morgan fingerprint density at radius 2 is 2.14 bits per heavy atom. The Morgan fingerprint density at radius 3 is 2.76 bits per heavy atom. The van der Waals surface area contributed by atoms with Crippen molar-refractivity contribution in [2.24, 2.45) is 0 Å². The minimum absolute atomic E-state index is 0.229. The van der Waals surface area contributed by atoms with E-state index in [2.05, 4.69) is 53.9 Å². The van der Waals surface area contributed by atoms with Crippen LogP contribution in [0.5, 0.6) is 0 Å². The Bertz CT molecular complexity index is 652. The number of imidazole rings is 1. The molecule has 0 saturated carbocycles. The molecule has 0 saturated heterocycles. The SMILES string of the molecule is CCC(C)c1nc(C#N)nc2c1ncn2CCCN(C)C. The first kappa shape index (κ1) is 15.4. The van der Waals surface area contributed by atoms with Crippen LogP contribution in [0.4, 0.5) is 0 Å². The molecule has 1 unspecified atom stereocenters. The lowest BCUT2D eigenvalue weighted by Gasteiger charge is -2.11. The van der Waals surface area contributed by atoms with Gasteiger partial charge in [-0.2, -0.15) is 10.2 Å². The fraction of sp³-hybridized carbons (Fsp3) is 0.600. The average Bonchev–Trinajstić information content (AvgIpc) is 2.88. The highest BCUT2D eigenvalue weighted by Crippen LogP contribution is 2.24. The lowest BCUT2D eigenvalue weighted by molar-refractivity contribution is 0.387. The molecule has 2 aromatic rings. The van der Waals surface area contributed by atoms with E-state index in [1.807, 2.05) is 10.9 Å². The van der Waals surface area contributed by atoms with Crippen LogP contribution in [0.2, 0.25) is 0 Å². The summed E-state index contributed by atoms with van der Waals surface area (Å²) in [5.41, 5.74) is 2.48. The molecule has 1 atom stereocenters. The lowest BCUT2D eigenvalue weighted by Crippen LogP contribution is -2.15. The van der Waals surface area contributed by atoms with Crippen molar-refractivity contribution in [2.45, 2.75) is 39.2 Å². The molecule has 2 aromatic heterocycles. The summed E-state index contributed by atoms with van der Waals surface area (Å²) < 4.78 is 2.02. The van der Waals surface area contributed by atoms with Crippen LogP contribution in [0, 0.1) is 11.3 Å². The van der Waals surface area contributed by atoms with E-state index in [-0.39, 0.29) is 11.7 Å². The third kappa shape index (κ3) is 3.37. The van der Waals surface area contributed by atoms with Crippen molar-refractivity contribution in [3.05, 3.63) is 17.8 Å². The van der Waals surface area contributed by atoms with Crippen molar-refractivity contribution in [3.63, 3.8) is 0 Å². The Hall–Kier alpha value is -2.00. The molecule has 6 nitrogen and oxygen atoms in total. The molecule has 0 aliphatic heterocycles. The van der Waals surface area contributed by atoms with Crippen molar-refractivity contribution < 1.29 is 0 Å². The van der Waals surface area contributed by atoms with Gasteiger partial charge in [0.2, 0.25) is 5.82 Å². The molecule has 0 N–H and O–H groups in total. The zero-order valence-corrected chi connectivity index (χ0v) is 13.2. The summed E-state index contributed by atoms with van der Waals surface area (Å²) in [5, 5.41) is 9.14. The van der Waals surface area contributed by atoms with Gasteiger partial charge in [-0.05, 0) is 33.5 Å². The zero-order valence-electron chi connectivity index (χ0n) is 13.2. The first-order valence-electron chi connectivity index (χ1n) is 7.34. The first-order valence-corrected chi connectivity index (χ1v) is 7.34. The van der Waals surface area contributed by atoms with Crippen molar-refractivity contribution >= 4 is 11.2 Å². The summed E-state index contributed by atoms with van der Waals surface area (Å²) in [6, 6.07) is 2.06. The van der Waals surface area contributed by atoms with E-state index >= 15 is 0 Å². The second-order valence-electron chi connectivity index (χ2n) is 5.62. The Morgan fingerprint density at radius 1 is 1.38 bits per heavy atom. The van der Waals surface area contributed by atoms with Crippen LogP contribution in [-0.4, -0.2) is 45.1 Å². The van der Waals surface area contributed by atoms with Gasteiger partial charge >= 0.3 is 0 Å². The number of aryl methyl sites for hydroxylation is 1. The highest BCUT2D eigenvalue weighted by Gasteiger charge is 2.16. The third-order valence-corrected chi connectivity index (χ3v) is 3.67. The van der Waals surface area contributed by atoms with E-state index in [1.165, 1.54) is 0 Å². The molecule has 0 radical (unpaired) electrons. The maximum atomic E-state index is 9.14. The van der Waals surface area contributed by atoms with Gasteiger partial charge in [0, 0.05) is 12.5 Å². The molecule has 0 bridgehead atoms. The van der Waals surface area contributed by atoms with Gasteiger partial charge in [0.25, 0.3) is 0 Å². The smallest absolute Gasteiger partial charge is 0.234 e. The maximum Gasteiger partial charge on any atom is 0.234 e. The fourth-order valence-electron chi connectivity index (χ4n) is 2.27. The van der Waals surface area contributed by atoms with Gasteiger partial charge in [-0.15, -0.1) is 0 Å². The summed E-state index contributed by atoms with van der Waals surface area (Å²) in [6.45, 7) is 6.07. The van der Waals surface area contributed by atoms with Gasteiger partial charge in [-0.3, -0.25) is 0 Å². The molecule has 0 aliphatic carbocycles. The molecule has 112 valence electrons. The third-order valence-electron chi connectivity index (χ3n) is 3.67. The Kier molecular flexibility index (Phi) is 4.86. The number of aromatic nitrogens is 4. The number of rotatable bonds is 6. The van der Waals surface area contributed by atoms with E-state index < -0.39 is 0 Å². The van der Waals surface area contributed by atoms with E-state index in [4.69, 9.17) is 5.26 Å². The van der Waals surface area contributed by atoms with Crippen LogP contribution >= 0.6 is 0 Å². The van der Waals surface area contributed by atoms with Gasteiger partial charge in [-0.25, -0.2) is 9.97 Å². The number of nitrogens with zero attached hydrogens (tertiary/aromatic N) is 6. The molecule has 21 heavy (non-hydrogen) atoms. The predicted molar refractivity (Wildman–Crippen MR) is 81.9 cm³/mol. The maximum absolute atomic E-state index is 9.14. The molecule has 0 aromatic carbocycles. The number of hydrogen-bond acceptors (Lipinski definition) is 5. The molecular weight excluding hydrogens is 264 g/mol. The molecule has 6 heteroatoms. The molecule has 0 fully saturated rings. The monoisotopic (exact) mass is 286 g/mol. The molecule has 2 rings (SSSR count). The normalized spacial score (nSPS) is 12.8. The summed E-state index contributed by atoms with van der Waals surface area (Å²) >= 11 is 0. The largest absolute Gasteiger partial charge is 0.315 e. The quantitative estimate of drug-likeness (QED) is 0.814. The van der Waals surface area contributed by atoms with Gasteiger partial charge in [0.05, 0.1) is 12.0 Å². The van der Waals surface area contributed by atoms with Gasteiger partial charge in [0.1, 0.15) is 11.6 Å². The van der Waals surface area contributed by atoms with Crippen LogP contribution in [0.25, 0.3) is 11.2 Å². The molecule has 2 heterocycles. The van der Waals surface area contributed by atoms with Crippen molar-refractivity contribution in [1.29, 1.82) is 5.26 Å². The second kappa shape index (κ2) is 6.64.